The molecule has 4 heterocycles. The molecule has 0 aromatic carbocycles. The number of thioether (sulfide) groups is 3. The van der Waals surface area contributed by atoms with Crippen LogP contribution in [0.4, 0.5) is 0 Å². The zero-order valence-electron chi connectivity index (χ0n) is 24.5. The van der Waals surface area contributed by atoms with E-state index in [4.69, 9.17) is 23.7 Å². The first-order valence-electron chi connectivity index (χ1n) is 14.5. The number of aliphatic hydroxyl groups is 13. The van der Waals surface area contributed by atoms with Crippen molar-refractivity contribution in [1.82, 2.24) is 0 Å². The minimum Gasteiger partial charge on any atom is -0.395 e. The van der Waals surface area contributed by atoms with Crippen LogP contribution in [0, 0.1) is 0 Å². The van der Waals surface area contributed by atoms with Crippen molar-refractivity contribution >= 4 is 35.3 Å². The second-order valence-electron chi connectivity index (χ2n) is 11.5. The van der Waals surface area contributed by atoms with E-state index >= 15 is 0 Å². The summed E-state index contributed by atoms with van der Waals surface area (Å²) < 4.78 is 27.5. The molecule has 4 aliphatic heterocycles. The third-order valence-electron chi connectivity index (χ3n) is 8.36. The Morgan fingerprint density at radius 1 is 0.457 bits per heavy atom. The molecule has 0 amide bonds. The van der Waals surface area contributed by atoms with Crippen molar-refractivity contribution in [1.29, 1.82) is 0 Å². The van der Waals surface area contributed by atoms with Gasteiger partial charge in [0.05, 0.1) is 60.5 Å². The highest BCUT2D eigenvalue weighted by Crippen LogP contribution is 2.39. The lowest BCUT2D eigenvalue weighted by Gasteiger charge is -2.44. The first kappa shape index (κ1) is 39.1. The van der Waals surface area contributed by atoms with Crippen LogP contribution in [0.25, 0.3) is 0 Å². The summed E-state index contributed by atoms with van der Waals surface area (Å²) >= 11 is 2.63. The van der Waals surface area contributed by atoms with Gasteiger partial charge in [-0.2, -0.15) is 0 Å². The maximum absolute atomic E-state index is 10.6. The summed E-state index contributed by atoms with van der Waals surface area (Å²) in [6, 6.07) is 0. The molecular weight excluding hydrogens is 684 g/mol. The Kier molecular flexibility index (Phi) is 14.5. The highest BCUT2D eigenvalue weighted by Gasteiger charge is 2.50. The molecule has 0 aromatic rings. The zero-order chi connectivity index (χ0) is 34.0. The van der Waals surface area contributed by atoms with Crippen molar-refractivity contribution in [2.75, 3.05) is 33.5 Å². The maximum Gasteiger partial charge on any atom is 0.186 e. The van der Waals surface area contributed by atoms with E-state index in [2.05, 4.69) is 0 Å². The van der Waals surface area contributed by atoms with Gasteiger partial charge in [0, 0.05) is 7.11 Å². The van der Waals surface area contributed by atoms with Gasteiger partial charge >= 0.3 is 0 Å². The summed E-state index contributed by atoms with van der Waals surface area (Å²) in [6.45, 7) is -1.57. The number of aliphatic hydroxyl groups excluding tert-OH is 13. The van der Waals surface area contributed by atoms with Gasteiger partial charge in [-0.25, -0.2) is 0 Å². The maximum atomic E-state index is 10.6. The first-order valence-corrected chi connectivity index (χ1v) is 17.3. The standard InChI is InChI=1S/C25H44O18S3/c1-39-22-18(35)14(31)10(27)6(43-22)3-40-23-20(37)16(33)12(29)8(45-23)5-42-25-21(38)17(34)13(30)9(46-25)4-41-24-19(36)15(32)11(28)7(2-26)44-24/h6-38H,2-5H2,1H3/t6-,7-,8-,9-,10-,11-,12-,13-,14+,15+,16+,17+,18-,19-,20-,21-,22-,23+,24+,25+/m1/s1. The van der Waals surface area contributed by atoms with Crippen molar-refractivity contribution < 1.29 is 90.1 Å². The van der Waals surface area contributed by atoms with Crippen LogP contribution < -0.4 is 0 Å². The lowest BCUT2D eigenvalue weighted by Crippen LogP contribution is -2.60. The summed E-state index contributed by atoms with van der Waals surface area (Å²) in [5.74, 6) is 0. The second kappa shape index (κ2) is 17.0. The molecule has 4 saturated heterocycles. The summed E-state index contributed by atoms with van der Waals surface area (Å²) in [4.78, 5) is 0. The predicted molar refractivity (Wildman–Crippen MR) is 158 cm³/mol. The Bertz CT molecular complexity index is 871. The molecule has 0 aliphatic carbocycles. The average Bonchev–Trinajstić information content (AvgIpc) is 3.05. The van der Waals surface area contributed by atoms with Gasteiger partial charge in [-0.1, -0.05) is 0 Å². The topological polar surface area (TPSA) is 309 Å². The number of methoxy groups -OCH3 is 1. The molecule has 4 rings (SSSR count). The van der Waals surface area contributed by atoms with Gasteiger partial charge in [-0.05, 0) is 0 Å². The predicted octanol–water partition coefficient (Wildman–Crippen LogP) is -6.94. The molecule has 46 heavy (non-hydrogen) atoms. The van der Waals surface area contributed by atoms with E-state index in [-0.39, 0.29) is 13.2 Å². The quantitative estimate of drug-likeness (QED) is 0.0940. The molecule has 0 saturated carbocycles. The van der Waals surface area contributed by atoms with Gasteiger partial charge in [-0.15, -0.1) is 35.3 Å². The van der Waals surface area contributed by atoms with E-state index in [1.807, 2.05) is 0 Å². The minimum absolute atomic E-state index is 0.308. The van der Waals surface area contributed by atoms with Gasteiger partial charge in [-0.3, -0.25) is 0 Å². The number of ether oxygens (including phenoxy) is 5. The van der Waals surface area contributed by atoms with Crippen LogP contribution in [0.3, 0.4) is 0 Å². The van der Waals surface area contributed by atoms with E-state index < -0.39 is 131 Å². The van der Waals surface area contributed by atoms with Crippen molar-refractivity contribution in [3.63, 3.8) is 0 Å². The summed E-state index contributed by atoms with van der Waals surface area (Å²) in [6.07, 6.45) is -21.3. The van der Waals surface area contributed by atoms with E-state index in [9.17, 15) is 66.4 Å². The fraction of sp³-hybridized carbons (Fsp3) is 1.00. The zero-order valence-corrected chi connectivity index (χ0v) is 26.9. The van der Waals surface area contributed by atoms with Crippen LogP contribution in [0.2, 0.25) is 0 Å². The molecule has 0 radical (unpaired) electrons. The van der Waals surface area contributed by atoms with Gasteiger partial charge in [0.1, 0.15) is 77.3 Å². The number of hydrogen-bond donors (Lipinski definition) is 13. The van der Waals surface area contributed by atoms with Gasteiger partial charge in [0.2, 0.25) is 0 Å². The molecule has 18 nitrogen and oxygen atoms in total. The minimum atomic E-state index is -1.70. The fourth-order valence-corrected chi connectivity index (χ4v) is 9.24. The third-order valence-corrected chi connectivity index (χ3v) is 12.7. The van der Waals surface area contributed by atoms with Crippen LogP contribution >= 0.6 is 35.3 Å². The highest BCUT2D eigenvalue weighted by atomic mass is 32.2. The van der Waals surface area contributed by atoms with Crippen molar-refractivity contribution in [2.45, 2.75) is 118 Å². The molecule has 0 spiro atoms. The van der Waals surface area contributed by atoms with Crippen LogP contribution in [0.5, 0.6) is 0 Å². The van der Waals surface area contributed by atoms with Gasteiger partial charge in [0.15, 0.2) is 6.29 Å². The molecule has 4 aliphatic rings. The molecule has 270 valence electrons. The molecule has 20 atom stereocenters. The summed E-state index contributed by atoms with van der Waals surface area (Å²) in [5, 5.41) is 131. The molecule has 0 aromatic heterocycles. The fourth-order valence-electron chi connectivity index (χ4n) is 5.41. The van der Waals surface area contributed by atoms with E-state index in [0.29, 0.717) is 0 Å². The van der Waals surface area contributed by atoms with E-state index in [1.165, 1.54) is 7.11 Å². The molecule has 21 heteroatoms. The molecule has 4 fully saturated rings. The van der Waals surface area contributed by atoms with Crippen LogP contribution in [-0.2, 0) is 23.7 Å². The number of hydrogen-bond acceptors (Lipinski definition) is 21. The van der Waals surface area contributed by atoms with Crippen LogP contribution in [0.1, 0.15) is 0 Å². The smallest absolute Gasteiger partial charge is 0.186 e. The lowest BCUT2D eigenvalue weighted by atomic mass is 9.99. The largest absolute Gasteiger partial charge is 0.395 e. The molecular formula is C25H44O18S3. The lowest BCUT2D eigenvalue weighted by molar-refractivity contribution is -0.297. The Labute approximate surface area is 276 Å². The van der Waals surface area contributed by atoms with E-state index in [1.54, 1.807) is 0 Å². The van der Waals surface area contributed by atoms with Crippen molar-refractivity contribution in [2.24, 2.45) is 0 Å². The van der Waals surface area contributed by atoms with Crippen molar-refractivity contribution in [3.8, 4) is 0 Å². The normalized spacial score (nSPS) is 52.0. The van der Waals surface area contributed by atoms with Crippen LogP contribution in [0.15, 0.2) is 0 Å². The number of rotatable bonds is 11. The van der Waals surface area contributed by atoms with Gasteiger partial charge in [0.25, 0.3) is 0 Å². The second-order valence-corrected chi connectivity index (χ2v) is 15.5. The first-order chi connectivity index (χ1) is 21.7. The highest BCUT2D eigenvalue weighted by molar-refractivity contribution is 8.01. The summed E-state index contributed by atoms with van der Waals surface area (Å²) in [5.41, 5.74) is -3.48. The Hall–Kier alpha value is 0.330. The SMILES string of the molecule is CO[C@@H]1O[C@H](CO[C@H]2S[C@H](CO[C@H]3S[C@H](CO[C@H]4S[C@H](CO)[C@@H](O)[C@H](O)[C@H]4O)[C@@H](O)[C@H](O)[C@H]3O)[C@@H](O)[C@H](O)[C@H]2O)[C@@H](O)[C@H](O)[C@H]1O. The Balaban J connectivity index is 1.33. The van der Waals surface area contributed by atoms with Crippen LogP contribution in [-0.4, -0.2) is 218 Å². The summed E-state index contributed by atoms with van der Waals surface area (Å²) in [7, 11) is 1.22. The Morgan fingerprint density at radius 3 is 1.24 bits per heavy atom. The molecule has 0 bridgehead atoms. The third kappa shape index (κ3) is 8.44. The van der Waals surface area contributed by atoms with E-state index in [0.717, 1.165) is 35.3 Å². The molecule has 0 unspecified atom stereocenters. The Morgan fingerprint density at radius 2 is 0.826 bits per heavy atom. The molecule has 13 N–H and O–H groups in total. The van der Waals surface area contributed by atoms with Crippen molar-refractivity contribution in [3.05, 3.63) is 0 Å². The van der Waals surface area contributed by atoms with Gasteiger partial charge < -0.3 is 90.1 Å². The average molecular weight is 729 g/mol. The monoisotopic (exact) mass is 728 g/mol.